The largest absolute Gasteiger partial charge is 0.446 e. The first kappa shape index (κ1) is 12.8. The molecule has 0 N–H and O–H groups in total. The van der Waals surface area contributed by atoms with E-state index in [1.165, 1.54) is 23.9 Å². The van der Waals surface area contributed by atoms with Gasteiger partial charge in [0.25, 0.3) is 0 Å². The molecule has 94 valence electrons. The molecule has 0 amide bonds. The van der Waals surface area contributed by atoms with Gasteiger partial charge >= 0.3 is 0 Å². The van der Waals surface area contributed by atoms with E-state index in [1.807, 2.05) is 12.3 Å². The van der Waals surface area contributed by atoms with Gasteiger partial charge in [0.15, 0.2) is 11.6 Å². The number of hydrogen-bond donors (Lipinski definition) is 0. The van der Waals surface area contributed by atoms with Gasteiger partial charge in [-0.3, -0.25) is 0 Å². The Labute approximate surface area is 107 Å². The quantitative estimate of drug-likeness (QED) is 0.472. The highest BCUT2D eigenvalue weighted by Gasteiger charge is 2.27. The van der Waals surface area contributed by atoms with Gasteiger partial charge in [0.2, 0.25) is 11.6 Å². The zero-order chi connectivity index (χ0) is 13.1. The minimum Gasteiger partial charge on any atom is -0.446 e. The fraction of sp³-hybridized carbons (Fsp3) is 0.0769. The van der Waals surface area contributed by atoms with Crippen LogP contribution in [-0.4, -0.2) is 6.26 Å². The topological polar surface area (TPSA) is 12.5 Å². The number of ether oxygens (including phenoxy) is 1. The second-order valence-electron chi connectivity index (χ2n) is 3.43. The third-order valence-corrected chi connectivity index (χ3v) is 3.01. The van der Waals surface area contributed by atoms with Crippen LogP contribution in [0.1, 0.15) is 0 Å². The van der Waals surface area contributed by atoms with Crippen LogP contribution in [-0.2, 0) is 0 Å². The Morgan fingerprint density at radius 2 is 1.67 bits per heavy atom. The van der Waals surface area contributed by atoms with Crippen molar-refractivity contribution < 1.29 is 17.9 Å². The van der Waals surface area contributed by atoms with Gasteiger partial charge in [-0.15, -0.1) is 11.8 Å². The van der Waals surface area contributed by atoms with E-state index in [0.717, 1.165) is 6.07 Å². The maximum absolute atomic E-state index is 12.6. The van der Waals surface area contributed by atoms with Crippen molar-refractivity contribution in [2.24, 2.45) is 0 Å². The summed E-state index contributed by atoms with van der Waals surface area (Å²) < 4.78 is 41.5. The highest BCUT2D eigenvalue weighted by Crippen LogP contribution is 2.47. The van der Waals surface area contributed by atoms with Crippen molar-refractivity contribution in [3.63, 3.8) is 0 Å². The number of thioether (sulfide) groups is 1. The van der Waals surface area contributed by atoms with E-state index >= 15 is 0 Å². The third kappa shape index (κ3) is 2.79. The first-order valence-corrected chi connectivity index (χ1v) is 6.30. The van der Waals surface area contributed by atoms with Crippen LogP contribution >= 0.6 is 11.8 Å². The smallest absolute Gasteiger partial charge is 0.208 e. The van der Waals surface area contributed by atoms with Crippen molar-refractivity contribution in [3.05, 3.63) is 53.8 Å². The lowest BCUT2D eigenvalue weighted by molar-refractivity contribution is 0.494. The normalized spacial score (nSPS) is 10.9. The Hall–Kier alpha value is -1.62. The molecule has 0 saturated heterocycles. The van der Waals surface area contributed by atoms with Crippen molar-refractivity contribution in [2.45, 2.75) is 4.90 Å². The monoisotopic (exact) mass is 270 g/mol. The van der Waals surface area contributed by atoms with E-state index in [1.54, 1.807) is 12.1 Å². The van der Waals surface area contributed by atoms with Gasteiger partial charge in [0.1, 0.15) is 5.82 Å². The van der Waals surface area contributed by atoms with E-state index in [4.69, 9.17) is 0 Å². The molecule has 0 bridgehead atoms. The van der Waals surface area contributed by atoms with Gasteiger partial charge in [0, 0.05) is 4.90 Å². The SMILES string of the molecule is CSc1ccccc1F.Fc1ccc2c(c1F)O2. The molecule has 0 aromatic heterocycles. The number of rotatable bonds is 1. The first-order chi connectivity index (χ1) is 8.63. The Morgan fingerprint density at radius 3 is 2.22 bits per heavy atom. The molecule has 1 aliphatic heterocycles. The van der Waals surface area contributed by atoms with Crippen molar-refractivity contribution in [1.82, 2.24) is 0 Å². The lowest BCUT2D eigenvalue weighted by Gasteiger charge is -1.94. The maximum Gasteiger partial charge on any atom is 0.208 e. The Bertz CT molecular complexity index is 568. The van der Waals surface area contributed by atoms with Crippen LogP contribution in [0.2, 0.25) is 0 Å². The van der Waals surface area contributed by atoms with Crippen LogP contribution in [0.4, 0.5) is 13.2 Å². The summed E-state index contributed by atoms with van der Waals surface area (Å²) in [6, 6.07) is 9.19. The minimum atomic E-state index is -0.882. The van der Waals surface area contributed by atoms with Crippen LogP contribution in [0, 0.1) is 17.5 Å². The van der Waals surface area contributed by atoms with Crippen LogP contribution in [0.5, 0.6) is 11.5 Å². The number of fused-ring (bicyclic) bond motifs is 1. The van der Waals surface area contributed by atoms with Crippen molar-refractivity contribution in [3.8, 4) is 11.5 Å². The van der Waals surface area contributed by atoms with Crippen LogP contribution < -0.4 is 4.74 Å². The fourth-order valence-corrected chi connectivity index (χ4v) is 1.77. The fourth-order valence-electron chi connectivity index (χ4n) is 1.29. The molecule has 0 radical (unpaired) electrons. The summed E-state index contributed by atoms with van der Waals surface area (Å²) in [6.07, 6.45) is 1.86. The molecular formula is C13H9F3OS. The Morgan fingerprint density at radius 1 is 0.944 bits per heavy atom. The van der Waals surface area contributed by atoms with E-state index in [9.17, 15) is 13.2 Å². The molecule has 18 heavy (non-hydrogen) atoms. The number of benzene rings is 2. The second kappa shape index (κ2) is 5.35. The van der Waals surface area contributed by atoms with Gasteiger partial charge in [-0.2, -0.15) is 4.39 Å². The molecule has 0 atom stereocenters. The van der Waals surface area contributed by atoms with Crippen LogP contribution in [0.25, 0.3) is 0 Å². The molecule has 0 unspecified atom stereocenters. The summed E-state index contributed by atoms with van der Waals surface area (Å²) in [7, 11) is 0. The van der Waals surface area contributed by atoms with E-state index < -0.39 is 11.6 Å². The summed E-state index contributed by atoms with van der Waals surface area (Å²) in [5.41, 5.74) is 0. The van der Waals surface area contributed by atoms with Crippen LogP contribution in [0.3, 0.4) is 0 Å². The number of halogens is 3. The standard InChI is InChI=1S/C7H7FS.C6H2F2O/c1-9-7-5-3-2-4-6(7)8;7-3-1-2-4-6(9-4)5(3)8/h2-5H,1H3;1-2H. The predicted octanol–water partition coefficient (Wildman–Crippen LogP) is 4.62. The maximum atomic E-state index is 12.6. The first-order valence-electron chi connectivity index (χ1n) is 5.08. The molecule has 0 spiro atoms. The van der Waals surface area contributed by atoms with E-state index in [-0.39, 0.29) is 11.6 Å². The summed E-state index contributed by atoms with van der Waals surface area (Å²) in [5.74, 6) is -1.38. The van der Waals surface area contributed by atoms with Crippen LogP contribution in [0.15, 0.2) is 41.3 Å². The van der Waals surface area contributed by atoms with Gasteiger partial charge in [-0.1, -0.05) is 12.1 Å². The minimum absolute atomic E-state index is 0.0509. The molecule has 2 aromatic rings. The molecule has 0 fully saturated rings. The van der Waals surface area contributed by atoms with Crippen molar-refractivity contribution >= 4 is 11.8 Å². The Kier molecular flexibility index (Phi) is 3.81. The molecule has 1 nitrogen and oxygen atoms in total. The van der Waals surface area contributed by atoms with Gasteiger partial charge in [-0.05, 0) is 30.5 Å². The molecule has 0 aliphatic carbocycles. The third-order valence-electron chi connectivity index (χ3n) is 2.24. The van der Waals surface area contributed by atoms with Crippen molar-refractivity contribution in [2.75, 3.05) is 6.26 Å². The summed E-state index contributed by atoms with van der Waals surface area (Å²) in [5, 5.41) is 0. The summed E-state index contributed by atoms with van der Waals surface area (Å²) in [4.78, 5) is 0.706. The van der Waals surface area contributed by atoms with E-state index in [0.29, 0.717) is 10.6 Å². The molecular weight excluding hydrogens is 261 g/mol. The zero-order valence-corrected chi connectivity index (χ0v) is 10.2. The van der Waals surface area contributed by atoms with Gasteiger partial charge in [0.05, 0.1) is 0 Å². The highest BCUT2D eigenvalue weighted by molar-refractivity contribution is 7.98. The molecule has 1 aliphatic rings. The zero-order valence-electron chi connectivity index (χ0n) is 9.41. The van der Waals surface area contributed by atoms with Crippen molar-refractivity contribution in [1.29, 1.82) is 0 Å². The lowest BCUT2D eigenvalue weighted by Crippen LogP contribution is -1.75. The summed E-state index contributed by atoms with van der Waals surface area (Å²) >= 11 is 1.42. The average Bonchev–Trinajstić information content (AvgIpc) is 3.16. The van der Waals surface area contributed by atoms with E-state index in [2.05, 4.69) is 4.74 Å². The lowest BCUT2D eigenvalue weighted by atomic mass is 10.3. The Balaban J connectivity index is 0.000000134. The van der Waals surface area contributed by atoms with Gasteiger partial charge < -0.3 is 4.74 Å². The molecule has 5 heteroatoms. The van der Waals surface area contributed by atoms with Gasteiger partial charge in [-0.25, -0.2) is 8.78 Å². The molecule has 0 saturated carbocycles. The average molecular weight is 270 g/mol. The second-order valence-corrected chi connectivity index (χ2v) is 4.27. The molecule has 3 rings (SSSR count). The molecule has 1 heterocycles. The summed E-state index contributed by atoms with van der Waals surface area (Å²) in [6.45, 7) is 0. The molecule has 2 aromatic carbocycles. The predicted molar refractivity (Wildman–Crippen MR) is 64.6 cm³/mol. The number of hydrogen-bond acceptors (Lipinski definition) is 2. The highest BCUT2D eigenvalue weighted by atomic mass is 32.2.